The van der Waals surface area contributed by atoms with Crippen molar-refractivity contribution in [2.24, 2.45) is 5.73 Å². The Hall–Kier alpha value is -3.29. The van der Waals surface area contributed by atoms with Gasteiger partial charge in [0, 0.05) is 12.0 Å². The second-order valence-electron chi connectivity index (χ2n) is 5.09. The van der Waals surface area contributed by atoms with Crippen LogP contribution in [0.3, 0.4) is 0 Å². The minimum absolute atomic E-state index is 0.0926. The Kier molecular flexibility index (Phi) is 4.19. The van der Waals surface area contributed by atoms with Gasteiger partial charge in [0.2, 0.25) is 17.7 Å². The Morgan fingerprint density at radius 1 is 1.17 bits per heavy atom. The molecule has 8 nitrogen and oxygen atoms in total. The standard InChI is InChI=1S/C16H16N6O2/c1-2-24-15-12-14(21-16(18)22-15)19-8-11(20-12)7-9-3-5-10(6-4-9)13(17)23/h3-6,8H,2,7H2,1H3,(H2,17,23)(H2,18,19,21,22). The van der Waals surface area contributed by atoms with Gasteiger partial charge in [0.15, 0.2) is 11.2 Å². The van der Waals surface area contributed by atoms with Crippen LogP contribution in [0.2, 0.25) is 0 Å². The summed E-state index contributed by atoms with van der Waals surface area (Å²) in [4.78, 5) is 28.0. The quantitative estimate of drug-likeness (QED) is 0.718. The highest BCUT2D eigenvalue weighted by Crippen LogP contribution is 2.21. The molecule has 2 aromatic heterocycles. The summed E-state index contributed by atoms with van der Waals surface area (Å²) in [5, 5.41) is 0. The molecule has 0 spiro atoms. The molecule has 0 bridgehead atoms. The van der Waals surface area contributed by atoms with Crippen molar-refractivity contribution in [3.63, 3.8) is 0 Å². The monoisotopic (exact) mass is 324 g/mol. The van der Waals surface area contributed by atoms with Crippen molar-refractivity contribution in [3.05, 3.63) is 47.3 Å². The molecule has 0 unspecified atom stereocenters. The number of hydrogen-bond acceptors (Lipinski definition) is 7. The fourth-order valence-corrected chi connectivity index (χ4v) is 2.25. The van der Waals surface area contributed by atoms with Gasteiger partial charge in [0.05, 0.1) is 18.5 Å². The minimum atomic E-state index is -0.455. The van der Waals surface area contributed by atoms with E-state index in [1.807, 2.05) is 19.1 Å². The first-order valence-electron chi connectivity index (χ1n) is 7.37. The van der Waals surface area contributed by atoms with E-state index in [2.05, 4.69) is 19.9 Å². The molecular formula is C16H16N6O2. The third-order valence-corrected chi connectivity index (χ3v) is 3.35. The summed E-state index contributed by atoms with van der Waals surface area (Å²) in [5.41, 5.74) is 13.9. The average molecular weight is 324 g/mol. The molecule has 0 saturated heterocycles. The highest BCUT2D eigenvalue weighted by molar-refractivity contribution is 5.92. The van der Waals surface area contributed by atoms with Crippen molar-refractivity contribution >= 4 is 23.0 Å². The summed E-state index contributed by atoms with van der Waals surface area (Å²) in [5.74, 6) is -0.0448. The normalized spacial score (nSPS) is 10.7. The van der Waals surface area contributed by atoms with Gasteiger partial charge in [-0.3, -0.25) is 4.79 Å². The van der Waals surface area contributed by atoms with E-state index in [0.717, 1.165) is 11.3 Å². The van der Waals surface area contributed by atoms with E-state index in [4.69, 9.17) is 16.2 Å². The zero-order valence-electron chi connectivity index (χ0n) is 13.1. The third-order valence-electron chi connectivity index (χ3n) is 3.35. The summed E-state index contributed by atoms with van der Waals surface area (Å²) in [7, 11) is 0. The predicted molar refractivity (Wildman–Crippen MR) is 88.5 cm³/mol. The van der Waals surface area contributed by atoms with Crippen molar-refractivity contribution in [3.8, 4) is 5.88 Å². The molecule has 2 heterocycles. The minimum Gasteiger partial charge on any atom is -0.476 e. The Balaban J connectivity index is 1.93. The number of carbonyl (C=O) groups excluding carboxylic acids is 1. The maximum absolute atomic E-state index is 11.1. The molecule has 24 heavy (non-hydrogen) atoms. The molecule has 3 rings (SSSR count). The van der Waals surface area contributed by atoms with Gasteiger partial charge >= 0.3 is 0 Å². The molecule has 0 atom stereocenters. The van der Waals surface area contributed by atoms with Gasteiger partial charge in [-0.05, 0) is 24.6 Å². The molecular weight excluding hydrogens is 308 g/mol. The summed E-state index contributed by atoms with van der Waals surface area (Å²) < 4.78 is 5.46. The lowest BCUT2D eigenvalue weighted by Gasteiger charge is -2.07. The molecule has 3 aromatic rings. The Morgan fingerprint density at radius 2 is 1.92 bits per heavy atom. The number of fused-ring (bicyclic) bond motifs is 1. The van der Waals surface area contributed by atoms with E-state index in [1.165, 1.54) is 0 Å². The van der Waals surface area contributed by atoms with Crippen molar-refractivity contribution in [2.75, 3.05) is 12.3 Å². The number of anilines is 1. The van der Waals surface area contributed by atoms with Crippen LogP contribution in [0.4, 0.5) is 5.95 Å². The molecule has 1 amide bonds. The van der Waals surface area contributed by atoms with Crippen molar-refractivity contribution < 1.29 is 9.53 Å². The zero-order chi connectivity index (χ0) is 17.1. The molecule has 122 valence electrons. The highest BCUT2D eigenvalue weighted by Gasteiger charge is 2.11. The maximum atomic E-state index is 11.1. The van der Waals surface area contributed by atoms with E-state index in [9.17, 15) is 4.79 Å². The molecule has 8 heteroatoms. The van der Waals surface area contributed by atoms with Crippen molar-refractivity contribution in [2.45, 2.75) is 13.3 Å². The topological polar surface area (TPSA) is 130 Å². The van der Waals surface area contributed by atoms with E-state index < -0.39 is 5.91 Å². The number of nitrogens with two attached hydrogens (primary N) is 2. The van der Waals surface area contributed by atoms with Crippen LogP contribution in [0.25, 0.3) is 11.2 Å². The summed E-state index contributed by atoms with van der Waals surface area (Å²) in [6, 6.07) is 7.02. The van der Waals surface area contributed by atoms with Gasteiger partial charge in [-0.25, -0.2) is 9.97 Å². The first-order chi connectivity index (χ1) is 11.6. The van der Waals surface area contributed by atoms with Crippen molar-refractivity contribution in [1.29, 1.82) is 0 Å². The van der Waals surface area contributed by atoms with Crippen LogP contribution >= 0.6 is 0 Å². The molecule has 0 aliphatic carbocycles. The number of ether oxygens (including phenoxy) is 1. The number of amides is 1. The first-order valence-corrected chi connectivity index (χ1v) is 7.37. The van der Waals surface area contributed by atoms with Gasteiger partial charge in [0.25, 0.3) is 0 Å². The molecule has 0 fully saturated rings. The number of carbonyl (C=O) groups is 1. The number of benzene rings is 1. The van der Waals surface area contributed by atoms with Gasteiger partial charge in [-0.1, -0.05) is 12.1 Å². The second-order valence-corrected chi connectivity index (χ2v) is 5.09. The van der Waals surface area contributed by atoms with E-state index >= 15 is 0 Å². The van der Waals surface area contributed by atoms with E-state index in [0.29, 0.717) is 35.6 Å². The van der Waals surface area contributed by atoms with Gasteiger partial charge in [-0.2, -0.15) is 9.97 Å². The Labute approximate surface area is 137 Å². The van der Waals surface area contributed by atoms with Crippen molar-refractivity contribution in [1.82, 2.24) is 19.9 Å². The molecule has 0 aliphatic heterocycles. The largest absolute Gasteiger partial charge is 0.476 e. The number of aromatic nitrogens is 4. The molecule has 0 aliphatic rings. The van der Waals surface area contributed by atoms with E-state index in [1.54, 1.807) is 18.3 Å². The average Bonchev–Trinajstić information content (AvgIpc) is 2.56. The summed E-state index contributed by atoms with van der Waals surface area (Å²) in [6.45, 7) is 2.29. The molecule has 1 aromatic carbocycles. The number of rotatable bonds is 5. The van der Waals surface area contributed by atoms with Crippen LogP contribution in [0.5, 0.6) is 5.88 Å². The number of nitrogens with zero attached hydrogens (tertiary/aromatic N) is 4. The van der Waals surface area contributed by atoms with Crippen LogP contribution in [-0.4, -0.2) is 32.4 Å². The lowest BCUT2D eigenvalue weighted by atomic mass is 10.1. The van der Waals surface area contributed by atoms with Crippen LogP contribution in [0, 0.1) is 0 Å². The van der Waals surface area contributed by atoms with Crippen LogP contribution in [0.1, 0.15) is 28.5 Å². The zero-order valence-corrected chi connectivity index (χ0v) is 13.1. The lowest BCUT2D eigenvalue weighted by Crippen LogP contribution is -2.10. The Morgan fingerprint density at radius 3 is 2.58 bits per heavy atom. The number of nitrogen functional groups attached to an aromatic ring is 1. The van der Waals surface area contributed by atoms with Gasteiger partial charge in [-0.15, -0.1) is 0 Å². The smallest absolute Gasteiger partial charge is 0.248 e. The first kappa shape index (κ1) is 15.6. The molecule has 0 saturated carbocycles. The highest BCUT2D eigenvalue weighted by atomic mass is 16.5. The molecule has 0 radical (unpaired) electrons. The van der Waals surface area contributed by atoms with Crippen LogP contribution in [0.15, 0.2) is 30.5 Å². The fraction of sp³-hybridized carbons (Fsp3) is 0.188. The Bertz CT molecular complexity index is 895. The van der Waals surface area contributed by atoms with Gasteiger partial charge in [0.1, 0.15) is 0 Å². The molecule has 4 N–H and O–H groups in total. The fourth-order valence-electron chi connectivity index (χ4n) is 2.25. The number of hydrogen-bond donors (Lipinski definition) is 2. The van der Waals surface area contributed by atoms with E-state index in [-0.39, 0.29) is 5.95 Å². The third kappa shape index (κ3) is 3.22. The van der Waals surface area contributed by atoms with Gasteiger partial charge < -0.3 is 16.2 Å². The maximum Gasteiger partial charge on any atom is 0.248 e. The van der Waals surface area contributed by atoms with Crippen LogP contribution < -0.4 is 16.2 Å². The lowest BCUT2D eigenvalue weighted by molar-refractivity contribution is 0.100. The SMILES string of the molecule is CCOc1nc(N)nc2ncc(Cc3ccc(C(N)=O)cc3)nc12. The second kappa shape index (κ2) is 6.45. The summed E-state index contributed by atoms with van der Waals surface area (Å²) >= 11 is 0. The number of primary amides is 1. The summed E-state index contributed by atoms with van der Waals surface area (Å²) in [6.07, 6.45) is 2.17. The van der Waals surface area contributed by atoms with Crippen LogP contribution in [-0.2, 0) is 6.42 Å². The predicted octanol–water partition coefficient (Wildman–Crippen LogP) is 1.09.